The number of hydrogen-bond acceptors (Lipinski definition) is 6. The monoisotopic (exact) mass is 251 g/mol. The Hall–Kier alpha value is -1.92. The van der Waals surface area contributed by atoms with Crippen molar-refractivity contribution in [2.24, 2.45) is 0 Å². The summed E-state index contributed by atoms with van der Waals surface area (Å²) in [5.41, 5.74) is -0.0336. The van der Waals surface area contributed by atoms with Crippen LogP contribution >= 0.6 is 0 Å². The normalized spacial score (nSPS) is 19.7. The van der Waals surface area contributed by atoms with Crippen LogP contribution in [0.1, 0.15) is 26.2 Å². The molecule has 0 aliphatic carbocycles. The SMILES string of the molecule is CNc1ncnc(N2CCCCC2C)c1[N+](=O)[O-]. The van der Waals surface area contributed by atoms with Gasteiger partial charge in [0.15, 0.2) is 0 Å². The van der Waals surface area contributed by atoms with Crippen LogP contribution in [0.5, 0.6) is 0 Å². The van der Waals surface area contributed by atoms with E-state index in [2.05, 4.69) is 22.2 Å². The summed E-state index contributed by atoms with van der Waals surface area (Å²) < 4.78 is 0. The maximum absolute atomic E-state index is 11.2. The van der Waals surface area contributed by atoms with Gasteiger partial charge in [-0.1, -0.05) is 0 Å². The Morgan fingerprint density at radius 3 is 2.89 bits per heavy atom. The highest BCUT2D eigenvalue weighted by Gasteiger charge is 2.30. The van der Waals surface area contributed by atoms with E-state index >= 15 is 0 Å². The van der Waals surface area contributed by atoms with E-state index in [-0.39, 0.29) is 17.5 Å². The molecule has 1 atom stereocenters. The van der Waals surface area contributed by atoms with Gasteiger partial charge in [0, 0.05) is 19.6 Å². The van der Waals surface area contributed by atoms with Gasteiger partial charge in [0.2, 0.25) is 11.6 Å². The summed E-state index contributed by atoms with van der Waals surface area (Å²) in [6.45, 7) is 2.88. The molecular formula is C11H17N5O2. The molecule has 0 amide bonds. The van der Waals surface area contributed by atoms with Crippen LogP contribution < -0.4 is 10.2 Å². The Balaban J connectivity index is 2.45. The number of anilines is 2. The molecule has 1 aromatic heterocycles. The minimum atomic E-state index is -0.414. The fourth-order valence-corrected chi connectivity index (χ4v) is 2.34. The van der Waals surface area contributed by atoms with Crippen LogP contribution in [0.4, 0.5) is 17.3 Å². The quantitative estimate of drug-likeness (QED) is 0.651. The Bertz CT molecular complexity index is 451. The predicted molar refractivity (Wildman–Crippen MR) is 68.9 cm³/mol. The van der Waals surface area contributed by atoms with Crippen molar-refractivity contribution >= 4 is 17.3 Å². The van der Waals surface area contributed by atoms with Crippen LogP contribution in [0.25, 0.3) is 0 Å². The minimum absolute atomic E-state index is 0.0336. The molecule has 7 nitrogen and oxygen atoms in total. The van der Waals surface area contributed by atoms with E-state index in [1.165, 1.54) is 6.33 Å². The van der Waals surface area contributed by atoms with Gasteiger partial charge in [0.1, 0.15) is 6.33 Å². The zero-order valence-electron chi connectivity index (χ0n) is 10.6. The van der Waals surface area contributed by atoms with E-state index in [4.69, 9.17) is 0 Å². The largest absolute Gasteiger partial charge is 0.367 e. The first-order valence-corrected chi connectivity index (χ1v) is 6.09. The van der Waals surface area contributed by atoms with Gasteiger partial charge in [-0.3, -0.25) is 10.1 Å². The van der Waals surface area contributed by atoms with E-state index in [1.54, 1.807) is 7.05 Å². The molecule has 1 saturated heterocycles. The van der Waals surface area contributed by atoms with Crippen molar-refractivity contribution < 1.29 is 4.92 Å². The molecule has 2 heterocycles. The number of nitrogens with one attached hydrogen (secondary N) is 1. The summed E-state index contributed by atoms with van der Waals surface area (Å²) in [6, 6.07) is 0.275. The number of hydrogen-bond donors (Lipinski definition) is 1. The van der Waals surface area contributed by atoms with Crippen molar-refractivity contribution in [1.29, 1.82) is 0 Å². The summed E-state index contributed by atoms with van der Waals surface area (Å²) in [4.78, 5) is 20.8. The van der Waals surface area contributed by atoms with Gasteiger partial charge in [-0.15, -0.1) is 0 Å². The average molecular weight is 251 g/mol. The zero-order chi connectivity index (χ0) is 13.1. The second-order valence-electron chi connectivity index (χ2n) is 4.44. The molecule has 1 aliphatic heterocycles. The number of nitrogens with zero attached hydrogens (tertiary/aromatic N) is 4. The lowest BCUT2D eigenvalue weighted by Gasteiger charge is -2.33. The number of nitro groups is 1. The predicted octanol–water partition coefficient (Wildman–Crippen LogP) is 1.81. The first-order chi connectivity index (χ1) is 8.65. The molecule has 1 unspecified atom stereocenters. The second kappa shape index (κ2) is 5.16. The van der Waals surface area contributed by atoms with E-state index in [9.17, 15) is 10.1 Å². The smallest absolute Gasteiger partial charge is 0.353 e. The second-order valence-corrected chi connectivity index (χ2v) is 4.44. The minimum Gasteiger partial charge on any atom is -0.367 e. The van der Waals surface area contributed by atoms with Gasteiger partial charge in [-0.05, 0) is 26.2 Å². The molecule has 2 rings (SSSR count). The Kier molecular flexibility index (Phi) is 3.59. The molecule has 0 saturated carbocycles. The van der Waals surface area contributed by atoms with Gasteiger partial charge >= 0.3 is 5.69 Å². The van der Waals surface area contributed by atoms with Crippen LogP contribution in [0.3, 0.4) is 0 Å². The highest BCUT2D eigenvalue weighted by Crippen LogP contribution is 2.34. The van der Waals surface area contributed by atoms with Crippen molar-refractivity contribution in [2.75, 3.05) is 23.8 Å². The summed E-state index contributed by atoms with van der Waals surface area (Å²) in [7, 11) is 1.62. The van der Waals surface area contributed by atoms with Gasteiger partial charge < -0.3 is 10.2 Å². The Morgan fingerprint density at radius 1 is 1.50 bits per heavy atom. The van der Waals surface area contributed by atoms with Crippen molar-refractivity contribution in [3.05, 3.63) is 16.4 Å². The molecule has 0 spiro atoms. The molecular weight excluding hydrogens is 234 g/mol. The molecule has 1 aliphatic rings. The third kappa shape index (κ3) is 2.20. The van der Waals surface area contributed by atoms with Gasteiger partial charge in [-0.25, -0.2) is 9.97 Å². The summed E-state index contributed by atoms with van der Waals surface area (Å²) in [6.07, 6.45) is 4.61. The Labute approximate surface area is 105 Å². The van der Waals surface area contributed by atoms with Crippen LogP contribution in [0.2, 0.25) is 0 Å². The van der Waals surface area contributed by atoms with Crippen molar-refractivity contribution in [3.8, 4) is 0 Å². The number of piperidine rings is 1. The molecule has 1 aromatic rings. The van der Waals surface area contributed by atoms with Crippen LogP contribution in [-0.2, 0) is 0 Å². The standard InChI is InChI=1S/C11H17N5O2/c1-8-5-3-4-6-15(8)11-9(16(17)18)10(12-2)13-7-14-11/h7-8H,3-6H2,1-2H3,(H,12,13,14). The van der Waals surface area contributed by atoms with Crippen molar-refractivity contribution in [2.45, 2.75) is 32.2 Å². The maximum Gasteiger partial charge on any atom is 0.353 e. The first-order valence-electron chi connectivity index (χ1n) is 6.09. The third-order valence-electron chi connectivity index (χ3n) is 3.30. The van der Waals surface area contributed by atoms with Crippen LogP contribution in [0.15, 0.2) is 6.33 Å². The molecule has 0 bridgehead atoms. The lowest BCUT2D eigenvalue weighted by molar-refractivity contribution is -0.383. The number of aromatic nitrogens is 2. The lowest BCUT2D eigenvalue weighted by Crippen LogP contribution is -2.38. The van der Waals surface area contributed by atoms with E-state index in [0.717, 1.165) is 25.8 Å². The lowest BCUT2D eigenvalue weighted by atomic mass is 10.0. The summed E-state index contributed by atoms with van der Waals surface area (Å²) >= 11 is 0. The van der Waals surface area contributed by atoms with E-state index < -0.39 is 4.92 Å². The van der Waals surface area contributed by atoms with Crippen LogP contribution in [-0.4, -0.2) is 34.5 Å². The maximum atomic E-state index is 11.2. The zero-order valence-corrected chi connectivity index (χ0v) is 10.6. The molecule has 98 valence electrons. The van der Waals surface area contributed by atoms with Gasteiger partial charge in [0.05, 0.1) is 4.92 Å². The molecule has 1 N–H and O–H groups in total. The van der Waals surface area contributed by atoms with Gasteiger partial charge in [0.25, 0.3) is 0 Å². The fraction of sp³-hybridized carbons (Fsp3) is 0.636. The van der Waals surface area contributed by atoms with Crippen LogP contribution in [0, 0.1) is 10.1 Å². The van der Waals surface area contributed by atoms with E-state index in [1.807, 2.05) is 4.90 Å². The molecule has 7 heteroatoms. The Morgan fingerprint density at radius 2 is 2.28 bits per heavy atom. The number of rotatable bonds is 3. The first kappa shape index (κ1) is 12.5. The summed E-state index contributed by atoms with van der Waals surface area (Å²) in [5.74, 6) is 0.689. The third-order valence-corrected chi connectivity index (χ3v) is 3.30. The topological polar surface area (TPSA) is 84.2 Å². The molecule has 0 radical (unpaired) electrons. The summed E-state index contributed by atoms with van der Waals surface area (Å²) in [5, 5.41) is 14.0. The average Bonchev–Trinajstić information content (AvgIpc) is 2.38. The van der Waals surface area contributed by atoms with Crippen molar-refractivity contribution in [3.63, 3.8) is 0 Å². The van der Waals surface area contributed by atoms with E-state index in [0.29, 0.717) is 5.82 Å². The molecule has 0 aromatic carbocycles. The van der Waals surface area contributed by atoms with Gasteiger partial charge in [-0.2, -0.15) is 0 Å². The molecule has 18 heavy (non-hydrogen) atoms. The van der Waals surface area contributed by atoms with Crippen molar-refractivity contribution in [1.82, 2.24) is 9.97 Å². The fourth-order valence-electron chi connectivity index (χ4n) is 2.34. The highest BCUT2D eigenvalue weighted by atomic mass is 16.6. The molecule has 1 fully saturated rings. The highest BCUT2D eigenvalue weighted by molar-refractivity contribution is 5.70.